The van der Waals surface area contributed by atoms with Crippen LogP contribution in [-0.2, 0) is 12.8 Å². The van der Waals surface area contributed by atoms with E-state index in [1.54, 1.807) is 13.8 Å². The summed E-state index contributed by atoms with van der Waals surface area (Å²) in [6.07, 6.45) is -7.93. The summed E-state index contributed by atoms with van der Waals surface area (Å²) in [5.41, 5.74) is 0.843. The predicted octanol–water partition coefficient (Wildman–Crippen LogP) is 5.85. The van der Waals surface area contributed by atoms with Gasteiger partial charge in [-0.2, -0.15) is 26.3 Å². The normalized spacial score (nSPS) is 11.8. The fraction of sp³-hybridized carbons (Fsp3) is 0.421. The molecule has 3 aromatic heterocycles. The van der Waals surface area contributed by atoms with Gasteiger partial charge in [-0.3, -0.25) is 14.7 Å². The van der Waals surface area contributed by atoms with Gasteiger partial charge in [-0.1, -0.05) is 11.6 Å². The summed E-state index contributed by atoms with van der Waals surface area (Å²) >= 11 is 5.73. The molecule has 0 radical (unpaired) electrons. The number of aromatic amines is 1. The Bertz CT molecular complexity index is 1130. The van der Waals surface area contributed by atoms with Crippen LogP contribution < -0.4 is 0 Å². The molecule has 0 amide bonds. The maximum Gasteiger partial charge on any atom is 0.389 e. The number of pyridine rings is 1. The topological polar surface area (TPSA) is 103 Å². The van der Waals surface area contributed by atoms with Crippen molar-refractivity contribution in [3.63, 3.8) is 0 Å². The van der Waals surface area contributed by atoms with Crippen molar-refractivity contribution < 1.29 is 31.3 Å². The number of halogens is 7. The number of rotatable bonds is 6. The van der Waals surface area contributed by atoms with Crippen LogP contribution in [-0.4, -0.2) is 41.8 Å². The van der Waals surface area contributed by atoms with Crippen molar-refractivity contribution in [2.45, 2.75) is 51.9 Å². The number of hydrogen-bond donors (Lipinski definition) is 1. The maximum atomic E-state index is 12.4. The molecule has 15 heteroatoms. The monoisotopic (exact) mass is 512 g/mol. The molecular weight excluding hydrogens is 494 g/mol. The van der Waals surface area contributed by atoms with Crippen molar-refractivity contribution in [2.75, 3.05) is 0 Å². The standard InChI is InChI=1S/C12H10ClF3N4O2.C7H9F3N2/c1-7-6-19(10(17-7)4-5-12(14,15)16)11-8(20(21)22)2-3-9(13)18-11;1-5-4-11-6(12-5)2-3-7(8,9)10/h2-3,6H,4-5H2,1H3;4H,2-3H2,1H3,(H,11,12). The van der Waals surface area contributed by atoms with Gasteiger partial charge in [0.25, 0.3) is 0 Å². The van der Waals surface area contributed by atoms with E-state index in [2.05, 4.69) is 19.9 Å². The Morgan fingerprint density at radius 3 is 2.21 bits per heavy atom. The Morgan fingerprint density at radius 2 is 1.68 bits per heavy atom. The largest absolute Gasteiger partial charge is 0.389 e. The van der Waals surface area contributed by atoms with Crippen LogP contribution >= 0.6 is 11.6 Å². The molecule has 186 valence electrons. The molecule has 3 heterocycles. The zero-order valence-electron chi connectivity index (χ0n) is 17.8. The van der Waals surface area contributed by atoms with Crippen molar-refractivity contribution in [1.29, 1.82) is 0 Å². The summed E-state index contributed by atoms with van der Waals surface area (Å²) in [4.78, 5) is 24.7. The highest BCUT2D eigenvalue weighted by Crippen LogP contribution is 2.27. The number of imidazole rings is 2. The second kappa shape index (κ2) is 10.8. The van der Waals surface area contributed by atoms with E-state index in [1.807, 2.05) is 0 Å². The van der Waals surface area contributed by atoms with Crippen molar-refractivity contribution >= 4 is 17.3 Å². The molecule has 0 aromatic carbocycles. The van der Waals surface area contributed by atoms with Crippen LogP contribution in [0.3, 0.4) is 0 Å². The molecule has 0 aliphatic heterocycles. The quantitative estimate of drug-likeness (QED) is 0.193. The Morgan fingerprint density at radius 1 is 1.06 bits per heavy atom. The molecule has 0 atom stereocenters. The van der Waals surface area contributed by atoms with Crippen LogP contribution in [0.1, 0.15) is 35.9 Å². The molecule has 0 unspecified atom stereocenters. The molecule has 0 aliphatic rings. The lowest BCUT2D eigenvalue weighted by molar-refractivity contribution is -0.384. The summed E-state index contributed by atoms with van der Waals surface area (Å²) in [7, 11) is 0. The number of aryl methyl sites for hydroxylation is 4. The smallest absolute Gasteiger partial charge is 0.346 e. The lowest BCUT2D eigenvalue weighted by atomic mass is 10.3. The third-order valence-corrected chi connectivity index (χ3v) is 4.39. The van der Waals surface area contributed by atoms with Crippen molar-refractivity contribution in [2.24, 2.45) is 0 Å². The first-order chi connectivity index (χ1) is 15.6. The molecular formula is C19H19ClF6N6O2. The molecule has 8 nitrogen and oxygen atoms in total. The van der Waals surface area contributed by atoms with Crippen LogP contribution in [0, 0.1) is 24.0 Å². The highest BCUT2D eigenvalue weighted by atomic mass is 35.5. The van der Waals surface area contributed by atoms with E-state index in [4.69, 9.17) is 11.6 Å². The van der Waals surface area contributed by atoms with Gasteiger partial charge in [-0.15, -0.1) is 0 Å². The van der Waals surface area contributed by atoms with Crippen LogP contribution in [0.2, 0.25) is 5.15 Å². The molecule has 0 fully saturated rings. The van der Waals surface area contributed by atoms with E-state index < -0.39 is 36.5 Å². The van der Waals surface area contributed by atoms with Crippen molar-refractivity contribution in [3.05, 3.63) is 62.8 Å². The predicted molar refractivity (Wildman–Crippen MR) is 110 cm³/mol. The number of nitro groups is 1. The van der Waals surface area contributed by atoms with E-state index in [1.165, 1.54) is 23.0 Å². The van der Waals surface area contributed by atoms with Crippen LogP contribution in [0.4, 0.5) is 32.0 Å². The summed E-state index contributed by atoms with van der Waals surface area (Å²) in [5, 5.41) is 11.0. The fourth-order valence-electron chi connectivity index (χ4n) is 2.75. The average molecular weight is 513 g/mol. The third kappa shape index (κ3) is 8.65. The first-order valence-corrected chi connectivity index (χ1v) is 10.0. The molecule has 0 aliphatic carbocycles. The molecule has 0 saturated carbocycles. The summed E-state index contributed by atoms with van der Waals surface area (Å²) < 4.78 is 73.4. The van der Waals surface area contributed by atoms with Crippen molar-refractivity contribution in [3.8, 4) is 5.82 Å². The lowest BCUT2D eigenvalue weighted by Crippen LogP contribution is -2.12. The van der Waals surface area contributed by atoms with E-state index in [0.29, 0.717) is 11.5 Å². The molecule has 0 bridgehead atoms. The van der Waals surface area contributed by atoms with Gasteiger partial charge in [-0.05, 0) is 19.9 Å². The zero-order chi connectivity index (χ0) is 25.7. The molecule has 34 heavy (non-hydrogen) atoms. The van der Waals surface area contributed by atoms with E-state index in [9.17, 15) is 36.5 Å². The number of nitrogens with one attached hydrogen (secondary N) is 1. The minimum atomic E-state index is -4.35. The van der Waals surface area contributed by atoms with E-state index >= 15 is 0 Å². The Balaban J connectivity index is 0.000000287. The number of H-pyrrole nitrogens is 1. The second-order valence-corrected chi connectivity index (χ2v) is 7.53. The van der Waals surface area contributed by atoms with Crippen LogP contribution in [0.15, 0.2) is 24.5 Å². The SMILES string of the molecule is Cc1cn(-c2nc(Cl)ccc2[N+](=O)[O-])c(CCC(F)(F)F)n1.Cc1cnc(CCC(F)(F)F)[nH]1. The maximum absolute atomic E-state index is 12.4. The number of aromatic nitrogens is 5. The minimum absolute atomic E-state index is 0.00581. The fourth-order valence-corrected chi connectivity index (χ4v) is 2.90. The number of alkyl halides is 6. The lowest BCUT2D eigenvalue weighted by Gasteiger charge is -2.09. The molecule has 0 saturated heterocycles. The summed E-state index contributed by atoms with van der Waals surface area (Å²) in [6, 6.07) is 2.38. The average Bonchev–Trinajstić information content (AvgIpc) is 3.29. The van der Waals surface area contributed by atoms with Gasteiger partial charge in [0.15, 0.2) is 0 Å². The van der Waals surface area contributed by atoms with Gasteiger partial charge in [0.1, 0.15) is 16.8 Å². The summed E-state index contributed by atoms with van der Waals surface area (Å²) in [6.45, 7) is 3.33. The molecule has 3 rings (SSSR count). The van der Waals surface area contributed by atoms with Gasteiger partial charge in [0, 0.05) is 37.0 Å². The Hall–Kier alpha value is -3.16. The van der Waals surface area contributed by atoms with Gasteiger partial charge in [-0.25, -0.2) is 15.0 Å². The molecule has 0 spiro atoms. The number of hydrogen-bond acceptors (Lipinski definition) is 5. The van der Waals surface area contributed by atoms with E-state index in [-0.39, 0.29) is 28.9 Å². The van der Waals surface area contributed by atoms with Gasteiger partial charge in [0.2, 0.25) is 5.82 Å². The van der Waals surface area contributed by atoms with Gasteiger partial charge < -0.3 is 4.98 Å². The van der Waals surface area contributed by atoms with Crippen LogP contribution in [0.25, 0.3) is 5.82 Å². The van der Waals surface area contributed by atoms with Crippen LogP contribution in [0.5, 0.6) is 0 Å². The highest BCUT2D eigenvalue weighted by molar-refractivity contribution is 6.29. The molecule has 3 aromatic rings. The Kier molecular flexibility index (Phi) is 8.64. The first-order valence-electron chi connectivity index (χ1n) is 9.65. The zero-order valence-corrected chi connectivity index (χ0v) is 18.6. The number of nitrogens with zero attached hydrogens (tertiary/aromatic N) is 5. The second-order valence-electron chi connectivity index (χ2n) is 7.15. The summed E-state index contributed by atoms with van der Waals surface area (Å²) in [5.74, 6) is 0.271. The highest BCUT2D eigenvalue weighted by Gasteiger charge is 2.29. The van der Waals surface area contributed by atoms with Crippen molar-refractivity contribution in [1.82, 2.24) is 24.5 Å². The minimum Gasteiger partial charge on any atom is -0.346 e. The Labute approximate surface area is 194 Å². The first kappa shape index (κ1) is 27.1. The van der Waals surface area contributed by atoms with E-state index in [0.717, 1.165) is 11.8 Å². The van der Waals surface area contributed by atoms with Gasteiger partial charge >= 0.3 is 18.0 Å². The van der Waals surface area contributed by atoms with Gasteiger partial charge in [0.05, 0.1) is 23.5 Å². The third-order valence-electron chi connectivity index (χ3n) is 4.18. The molecule has 1 N–H and O–H groups in total.